The molecule has 0 spiro atoms. The van der Waals surface area contributed by atoms with Gasteiger partial charge in [0.2, 0.25) is 0 Å². The first-order valence-electron chi connectivity index (χ1n) is 9.36. The Balaban J connectivity index is 1.66. The quantitative estimate of drug-likeness (QED) is 0.688. The maximum atomic E-state index is 12.6. The van der Waals surface area contributed by atoms with Gasteiger partial charge in [-0.1, -0.05) is 0 Å². The molecular formula is C20H18N4O4. The van der Waals surface area contributed by atoms with Crippen molar-refractivity contribution in [1.29, 1.82) is 0 Å². The first-order valence-corrected chi connectivity index (χ1v) is 9.36. The zero-order valence-electron chi connectivity index (χ0n) is 15.1. The minimum atomic E-state index is -0.526. The fourth-order valence-corrected chi connectivity index (χ4v) is 4.32. The highest BCUT2D eigenvalue weighted by molar-refractivity contribution is 6.34. The summed E-state index contributed by atoms with van der Waals surface area (Å²) in [5, 5.41) is 8.67. The van der Waals surface area contributed by atoms with Crippen LogP contribution in [0.5, 0.6) is 0 Å². The molecule has 1 saturated heterocycles. The van der Waals surface area contributed by atoms with Crippen LogP contribution in [-0.4, -0.2) is 54.7 Å². The van der Waals surface area contributed by atoms with E-state index in [9.17, 15) is 19.2 Å². The van der Waals surface area contributed by atoms with Gasteiger partial charge in [-0.05, 0) is 44.1 Å². The van der Waals surface area contributed by atoms with Gasteiger partial charge in [-0.3, -0.25) is 29.8 Å². The molecule has 0 bridgehead atoms. The maximum absolute atomic E-state index is 12.6. The summed E-state index contributed by atoms with van der Waals surface area (Å²) in [7, 11) is 0. The number of imide groups is 2. The number of benzene rings is 2. The molecule has 2 aromatic carbocycles. The summed E-state index contributed by atoms with van der Waals surface area (Å²) in [4.78, 5) is 52.0. The lowest BCUT2D eigenvalue weighted by Crippen LogP contribution is -2.39. The largest absolute Gasteiger partial charge is 0.383 e. The average Bonchev–Trinajstić information content (AvgIpc) is 3.18. The highest BCUT2D eigenvalue weighted by atomic mass is 16.2. The molecule has 142 valence electrons. The standard InChI is InChI=1S/C20H18N4O4/c25-17-10-3-4-11-15-14(10)12(19(27)22-17)9-13(16(15)20(28)23-18(11)26)21-5-8-24-6-1-2-7-24/h3-4,9,21H,1-2,5-8H2,(H,22,25,27)(H,23,26,28). The summed E-state index contributed by atoms with van der Waals surface area (Å²) < 4.78 is 0. The second-order valence-corrected chi connectivity index (χ2v) is 7.30. The third kappa shape index (κ3) is 2.41. The van der Waals surface area contributed by atoms with E-state index in [1.807, 2.05) is 0 Å². The van der Waals surface area contributed by atoms with Crippen molar-refractivity contribution in [2.45, 2.75) is 12.8 Å². The smallest absolute Gasteiger partial charge is 0.260 e. The van der Waals surface area contributed by atoms with E-state index < -0.39 is 23.6 Å². The maximum Gasteiger partial charge on any atom is 0.260 e. The van der Waals surface area contributed by atoms with Crippen molar-refractivity contribution in [2.75, 3.05) is 31.5 Å². The number of carbonyl (C=O) groups is 4. The lowest BCUT2D eigenvalue weighted by molar-refractivity contribution is 0.0823. The Morgan fingerprint density at radius 3 is 2.14 bits per heavy atom. The van der Waals surface area contributed by atoms with Crippen LogP contribution in [-0.2, 0) is 0 Å². The van der Waals surface area contributed by atoms with Gasteiger partial charge in [0, 0.05) is 40.7 Å². The summed E-state index contributed by atoms with van der Waals surface area (Å²) in [6.07, 6.45) is 2.38. The van der Waals surface area contributed by atoms with Crippen LogP contribution in [0, 0.1) is 0 Å². The Morgan fingerprint density at radius 2 is 1.43 bits per heavy atom. The molecule has 0 saturated carbocycles. The Hall–Kier alpha value is -3.26. The van der Waals surface area contributed by atoms with E-state index in [1.54, 1.807) is 6.07 Å². The number of nitrogens with one attached hydrogen (secondary N) is 3. The zero-order chi connectivity index (χ0) is 19.4. The topological polar surface area (TPSA) is 108 Å². The molecule has 0 unspecified atom stereocenters. The molecule has 3 aliphatic heterocycles. The normalized spacial score (nSPS) is 18.4. The number of rotatable bonds is 4. The van der Waals surface area contributed by atoms with Crippen LogP contribution in [0.25, 0.3) is 10.8 Å². The Labute approximate surface area is 160 Å². The number of carbonyl (C=O) groups excluding carboxylic acids is 4. The molecule has 0 aliphatic carbocycles. The molecule has 0 radical (unpaired) electrons. The number of anilines is 1. The van der Waals surface area contributed by atoms with Gasteiger partial charge >= 0.3 is 0 Å². The fraction of sp³-hybridized carbons (Fsp3) is 0.300. The lowest BCUT2D eigenvalue weighted by atomic mass is 9.86. The van der Waals surface area contributed by atoms with Crippen molar-refractivity contribution in [3.8, 4) is 0 Å². The second-order valence-electron chi connectivity index (χ2n) is 7.30. The van der Waals surface area contributed by atoms with Gasteiger partial charge in [0.1, 0.15) is 0 Å². The molecule has 1 fully saturated rings. The SMILES string of the molecule is O=C1NC(=O)c2cc(NCCN3CCCC3)c3c4c(ccc1c24)C(=O)NC3=O. The van der Waals surface area contributed by atoms with Crippen LogP contribution in [0.4, 0.5) is 5.69 Å². The van der Waals surface area contributed by atoms with Gasteiger partial charge in [-0.25, -0.2) is 0 Å². The van der Waals surface area contributed by atoms with Crippen molar-refractivity contribution in [2.24, 2.45) is 0 Å². The van der Waals surface area contributed by atoms with Crippen LogP contribution >= 0.6 is 0 Å². The minimum Gasteiger partial charge on any atom is -0.383 e. The summed E-state index contributed by atoms with van der Waals surface area (Å²) in [5.74, 6) is -2.10. The first-order chi connectivity index (χ1) is 13.5. The van der Waals surface area contributed by atoms with E-state index in [0.29, 0.717) is 45.3 Å². The molecule has 3 aliphatic rings. The van der Waals surface area contributed by atoms with Gasteiger partial charge in [0.25, 0.3) is 23.6 Å². The van der Waals surface area contributed by atoms with Gasteiger partial charge in [-0.15, -0.1) is 0 Å². The molecule has 4 amide bonds. The molecule has 0 aromatic heterocycles. The van der Waals surface area contributed by atoms with Gasteiger partial charge < -0.3 is 10.2 Å². The number of amides is 4. The monoisotopic (exact) mass is 378 g/mol. The molecule has 5 rings (SSSR count). The molecule has 8 heteroatoms. The van der Waals surface area contributed by atoms with E-state index in [-0.39, 0.29) is 0 Å². The molecule has 2 aromatic rings. The highest BCUT2D eigenvalue weighted by Crippen LogP contribution is 2.38. The van der Waals surface area contributed by atoms with Crippen LogP contribution < -0.4 is 16.0 Å². The van der Waals surface area contributed by atoms with Crippen LogP contribution in [0.3, 0.4) is 0 Å². The average molecular weight is 378 g/mol. The van der Waals surface area contributed by atoms with E-state index in [0.717, 1.165) is 19.6 Å². The lowest BCUT2D eigenvalue weighted by Gasteiger charge is -2.26. The van der Waals surface area contributed by atoms with Crippen molar-refractivity contribution < 1.29 is 19.2 Å². The number of hydrogen-bond acceptors (Lipinski definition) is 6. The minimum absolute atomic E-state index is 0.292. The fourth-order valence-electron chi connectivity index (χ4n) is 4.32. The highest BCUT2D eigenvalue weighted by Gasteiger charge is 2.34. The predicted molar refractivity (Wildman–Crippen MR) is 102 cm³/mol. The molecule has 28 heavy (non-hydrogen) atoms. The number of likely N-dealkylation sites (tertiary alicyclic amines) is 1. The number of nitrogens with zero attached hydrogens (tertiary/aromatic N) is 1. The van der Waals surface area contributed by atoms with Crippen LogP contribution in [0.1, 0.15) is 54.3 Å². The van der Waals surface area contributed by atoms with E-state index >= 15 is 0 Å². The first kappa shape index (κ1) is 16.9. The number of hydrogen-bond donors (Lipinski definition) is 3. The van der Waals surface area contributed by atoms with Crippen molar-refractivity contribution in [3.05, 3.63) is 40.5 Å². The van der Waals surface area contributed by atoms with Crippen LogP contribution in [0.15, 0.2) is 18.2 Å². The summed E-state index contributed by atoms with van der Waals surface area (Å²) in [6, 6.07) is 4.64. The Kier molecular flexibility index (Phi) is 3.70. The Morgan fingerprint density at radius 1 is 0.821 bits per heavy atom. The summed E-state index contributed by atoms with van der Waals surface area (Å²) in [5.41, 5.74) is 1.68. The predicted octanol–water partition coefficient (Wildman–Crippen LogP) is 1.11. The van der Waals surface area contributed by atoms with Crippen molar-refractivity contribution >= 4 is 40.1 Å². The van der Waals surface area contributed by atoms with Gasteiger partial charge in [0.05, 0.1) is 11.1 Å². The van der Waals surface area contributed by atoms with Crippen molar-refractivity contribution in [3.63, 3.8) is 0 Å². The summed E-state index contributed by atoms with van der Waals surface area (Å²) >= 11 is 0. The third-order valence-electron chi connectivity index (χ3n) is 5.64. The molecule has 0 atom stereocenters. The molecular weight excluding hydrogens is 360 g/mol. The van der Waals surface area contributed by atoms with Gasteiger partial charge in [0.15, 0.2) is 0 Å². The van der Waals surface area contributed by atoms with E-state index in [4.69, 9.17) is 0 Å². The van der Waals surface area contributed by atoms with E-state index in [1.165, 1.54) is 25.0 Å². The van der Waals surface area contributed by atoms with Crippen LogP contribution in [0.2, 0.25) is 0 Å². The zero-order valence-corrected chi connectivity index (χ0v) is 15.1. The van der Waals surface area contributed by atoms with Crippen molar-refractivity contribution in [1.82, 2.24) is 15.5 Å². The molecule has 3 N–H and O–H groups in total. The molecule has 3 heterocycles. The third-order valence-corrected chi connectivity index (χ3v) is 5.64. The summed E-state index contributed by atoms with van der Waals surface area (Å²) in [6.45, 7) is 3.55. The second kappa shape index (κ2) is 6.13. The van der Waals surface area contributed by atoms with Gasteiger partial charge in [-0.2, -0.15) is 0 Å². The van der Waals surface area contributed by atoms with E-state index in [2.05, 4.69) is 20.9 Å². The molecule has 8 nitrogen and oxygen atoms in total. The Bertz CT molecular complexity index is 1090.